The first kappa shape index (κ1) is 15.4. The molecule has 2 atom stereocenters. The number of carbonyl (C=O) groups is 1. The predicted molar refractivity (Wildman–Crippen MR) is 80.7 cm³/mol. The molecule has 2 rings (SSSR count). The molecule has 112 valence electrons. The van der Waals surface area contributed by atoms with E-state index < -0.39 is 0 Å². The van der Waals surface area contributed by atoms with Crippen LogP contribution in [0.2, 0.25) is 0 Å². The van der Waals surface area contributed by atoms with Gasteiger partial charge in [-0.05, 0) is 37.2 Å². The van der Waals surface area contributed by atoms with Crippen LogP contribution < -0.4 is 5.73 Å². The molecule has 0 spiro atoms. The standard InChI is InChI=1S/C14H23N3O2S/c1-10-4-3-6-17(8-10)14(18)12-9-19-13(16-12)11(15)5-7-20-2/h9-11H,3-8,15H2,1-2H3. The molecule has 1 aromatic rings. The van der Waals surface area contributed by atoms with Crippen molar-refractivity contribution in [1.29, 1.82) is 0 Å². The minimum Gasteiger partial charge on any atom is -0.446 e. The largest absolute Gasteiger partial charge is 0.446 e. The molecule has 5 nitrogen and oxygen atoms in total. The summed E-state index contributed by atoms with van der Waals surface area (Å²) in [6.45, 7) is 3.79. The van der Waals surface area contributed by atoms with Gasteiger partial charge >= 0.3 is 0 Å². The van der Waals surface area contributed by atoms with Crippen LogP contribution in [0.5, 0.6) is 0 Å². The highest BCUT2D eigenvalue weighted by atomic mass is 32.2. The summed E-state index contributed by atoms with van der Waals surface area (Å²) in [6.07, 6.45) is 6.53. The van der Waals surface area contributed by atoms with Crippen molar-refractivity contribution in [1.82, 2.24) is 9.88 Å². The minimum atomic E-state index is -0.232. The number of thioether (sulfide) groups is 1. The van der Waals surface area contributed by atoms with Crippen molar-refractivity contribution < 1.29 is 9.21 Å². The minimum absolute atomic E-state index is 0.0383. The summed E-state index contributed by atoms with van der Waals surface area (Å²) < 4.78 is 5.37. The van der Waals surface area contributed by atoms with E-state index in [0.29, 0.717) is 17.5 Å². The van der Waals surface area contributed by atoms with E-state index in [2.05, 4.69) is 11.9 Å². The Labute approximate surface area is 124 Å². The second kappa shape index (κ2) is 7.13. The smallest absolute Gasteiger partial charge is 0.275 e. The number of nitrogens with zero attached hydrogens (tertiary/aromatic N) is 2. The van der Waals surface area contributed by atoms with Gasteiger partial charge in [0, 0.05) is 13.1 Å². The monoisotopic (exact) mass is 297 g/mol. The van der Waals surface area contributed by atoms with Crippen molar-refractivity contribution in [2.24, 2.45) is 11.7 Å². The van der Waals surface area contributed by atoms with E-state index in [0.717, 1.165) is 31.7 Å². The van der Waals surface area contributed by atoms with E-state index in [9.17, 15) is 4.79 Å². The third-order valence-electron chi connectivity index (χ3n) is 3.64. The van der Waals surface area contributed by atoms with Crippen molar-refractivity contribution >= 4 is 17.7 Å². The van der Waals surface area contributed by atoms with Crippen LogP contribution in [0.3, 0.4) is 0 Å². The molecule has 2 heterocycles. The summed E-state index contributed by atoms with van der Waals surface area (Å²) in [5.41, 5.74) is 6.38. The summed E-state index contributed by atoms with van der Waals surface area (Å²) in [7, 11) is 0. The van der Waals surface area contributed by atoms with Crippen molar-refractivity contribution in [3.63, 3.8) is 0 Å². The molecule has 6 heteroatoms. The highest BCUT2D eigenvalue weighted by molar-refractivity contribution is 7.98. The van der Waals surface area contributed by atoms with Gasteiger partial charge in [0.15, 0.2) is 5.69 Å². The third kappa shape index (κ3) is 3.76. The average Bonchev–Trinajstić information content (AvgIpc) is 2.93. The molecule has 1 fully saturated rings. The van der Waals surface area contributed by atoms with Crippen LogP contribution in [-0.4, -0.2) is 40.9 Å². The number of aromatic nitrogens is 1. The van der Waals surface area contributed by atoms with Crippen molar-refractivity contribution in [2.45, 2.75) is 32.2 Å². The van der Waals surface area contributed by atoms with E-state index in [1.165, 1.54) is 12.7 Å². The van der Waals surface area contributed by atoms with Crippen LogP contribution in [0.1, 0.15) is 48.6 Å². The Bertz CT molecular complexity index is 449. The zero-order valence-corrected chi connectivity index (χ0v) is 13.0. The fourth-order valence-electron chi connectivity index (χ4n) is 2.46. The van der Waals surface area contributed by atoms with Crippen LogP contribution in [0.4, 0.5) is 0 Å². The van der Waals surface area contributed by atoms with Gasteiger partial charge in [0.1, 0.15) is 6.26 Å². The van der Waals surface area contributed by atoms with Gasteiger partial charge in [0.05, 0.1) is 6.04 Å². The number of hydrogen-bond donors (Lipinski definition) is 1. The SMILES string of the molecule is CSCCC(N)c1nc(C(=O)N2CCCC(C)C2)co1. The van der Waals surface area contributed by atoms with Gasteiger partial charge in [-0.3, -0.25) is 4.79 Å². The number of rotatable bonds is 5. The first-order chi connectivity index (χ1) is 9.61. The lowest BCUT2D eigenvalue weighted by Gasteiger charge is -2.30. The number of nitrogens with two attached hydrogens (primary N) is 1. The molecule has 1 amide bonds. The zero-order valence-electron chi connectivity index (χ0n) is 12.2. The maximum absolute atomic E-state index is 12.4. The van der Waals surface area contributed by atoms with Crippen LogP contribution >= 0.6 is 11.8 Å². The molecule has 1 aliphatic heterocycles. The summed E-state index contributed by atoms with van der Waals surface area (Å²) in [5, 5.41) is 0. The average molecular weight is 297 g/mol. The highest BCUT2D eigenvalue weighted by Gasteiger charge is 2.25. The molecule has 1 aromatic heterocycles. The normalized spacial score (nSPS) is 20.9. The van der Waals surface area contributed by atoms with E-state index >= 15 is 0 Å². The van der Waals surface area contributed by atoms with Gasteiger partial charge < -0.3 is 15.1 Å². The second-order valence-electron chi connectivity index (χ2n) is 5.46. The van der Waals surface area contributed by atoms with Crippen LogP contribution in [0, 0.1) is 5.92 Å². The zero-order chi connectivity index (χ0) is 14.5. The molecular weight excluding hydrogens is 274 g/mol. The number of likely N-dealkylation sites (tertiary alicyclic amines) is 1. The van der Waals surface area contributed by atoms with E-state index in [-0.39, 0.29) is 11.9 Å². The Morgan fingerprint density at radius 3 is 3.20 bits per heavy atom. The summed E-state index contributed by atoms with van der Waals surface area (Å²) in [5.74, 6) is 1.94. The molecule has 0 saturated carbocycles. The topological polar surface area (TPSA) is 72.4 Å². The molecule has 1 aliphatic rings. The van der Waals surface area contributed by atoms with E-state index in [1.807, 2.05) is 11.2 Å². The molecule has 20 heavy (non-hydrogen) atoms. The molecule has 0 radical (unpaired) electrons. The number of piperidine rings is 1. The number of amides is 1. The summed E-state index contributed by atoms with van der Waals surface area (Å²) in [4.78, 5) is 18.5. The van der Waals surface area contributed by atoms with Gasteiger partial charge in [-0.1, -0.05) is 6.92 Å². The van der Waals surface area contributed by atoms with Crippen LogP contribution in [0.15, 0.2) is 10.7 Å². The number of hydrogen-bond acceptors (Lipinski definition) is 5. The maximum Gasteiger partial charge on any atom is 0.275 e. The molecule has 2 unspecified atom stereocenters. The lowest BCUT2D eigenvalue weighted by atomic mass is 10.0. The van der Waals surface area contributed by atoms with E-state index in [1.54, 1.807) is 11.8 Å². The first-order valence-electron chi connectivity index (χ1n) is 7.11. The lowest BCUT2D eigenvalue weighted by molar-refractivity contribution is 0.0677. The fraction of sp³-hybridized carbons (Fsp3) is 0.714. The molecule has 0 bridgehead atoms. The first-order valence-corrected chi connectivity index (χ1v) is 8.50. The van der Waals surface area contributed by atoms with Gasteiger partial charge in [-0.2, -0.15) is 11.8 Å². The van der Waals surface area contributed by atoms with Gasteiger partial charge in [-0.25, -0.2) is 4.98 Å². The summed E-state index contributed by atoms with van der Waals surface area (Å²) in [6, 6.07) is -0.232. The number of carbonyl (C=O) groups excluding carboxylic acids is 1. The Morgan fingerprint density at radius 2 is 2.50 bits per heavy atom. The van der Waals surface area contributed by atoms with Crippen LogP contribution in [0.25, 0.3) is 0 Å². The maximum atomic E-state index is 12.4. The van der Waals surface area contributed by atoms with Crippen molar-refractivity contribution in [3.05, 3.63) is 17.8 Å². The Hall–Kier alpha value is -1.01. The Balaban J connectivity index is 1.98. The fourth-order valence-corrected chi connectivity index (χ4v) is 2.95. The lowest BCUT2D eigenvalue weighted by Crippen LogP contribution is -2.39. The van der Waals surface area contributed by atoms with Gasteiger partial charge in [-0.15, -0.1) is 0 Å². The predicted octanol–water partition coefficient (Wildman–Crippen LogP) is 2.30. The molecule has 2 N–H and O–H groups in total. The van der Waals surface area contributed by atoms with Crippen molar-refractivity contribution in [2.75, 3.05) is 25.1 Å². The van der Waals surface area contributed by atoms with Crippen LogP contribution in [-0.2, 0) is 0 Å². The Morgan fingerprint density at radius 1 is 1.70 bits per heavy atom. The van der Waals surface area contributed by atoms with Gasteiger partial charge in [0.25, 0.3) is 5.91 Å². The molecule has 1 saturated heterocycles. The Kier molecular flexibility index (Phi) is 5.48. The summed E-state index contributed by atoms with van der Waals surface area (Å²) >= 11 is 1.74. The second-order valence-corrected chi connectivity index (χ2v) is 6.44. The van der Waals surface area contributed by atoms with Crippen molar-refractivity contribution in [3.8, 4) is 0 Å². The van der Waals surface area contributed by atoms with Gasteiger partial charge in [0.2, 0.25) is 5.89 Å². The number of oxazole rings is 1. The molecular formula is C14H23N3O2S. The molecule has 0 aliphatic carbocycles. The quantitative estimate of drug-likeness (QED) is 0.903. The third-order valence-corrected chi connectivity index (χ3v) is 4.28. The van der Waals surface area contributed by atoms with E-state index in [4.69, 9.17) is 10.2 Å². The molecule has 0 aromatic carbocycles. The highest BCUT2D eigenvalue weighted by Crippen LogP contribution is 2.20.